The molecule has 152 valence electrons. The van der Waals surface area contributed by atoms with E-state index in [1.807, 2.05) is 13.8 Å². The van der Waals surface area contributed by atoms with Gasteiger partial charge in [0.05, 0.1) is 12.2 Å². The minimum absolute atomic E-state index is 0.105. The lowest BCUT2D eigenvalue weighted by atomic mass is 10.2. The number of nitrogens with one attached hydrogen (secondary N) is 2. The summed E-state index contributed by atoms with van der Waals surface area (Å²) in [4.78, 5) is 39.9. The van der Waals surface area contributed by atoms with E-state index < -0.39 is 0 Å². The number of amides is 3. The van der Waals surface area contributed by atoms with E-state index in [1.165, 1.54) is 0 Å². The van der Waals surface area contributed by atoms with Crippen molar-refractivity contribution >= 4 is 23.4 Å². The van der Waals surface area contributed by atoms with Gasteiger partial charge in [-0.2, -0.15) is 0 Å². The predicted octanol–water partition coefficient (Wildman–Crippen LogP) is 1.07. The highest BCUT2D eigenvalue weighted by atomic mass is 16.5. The number of anilines is 1. The molecule has 0 saturated carbocycles. The van der Waals surface area contributed by atoms with E-state index >= 15 is 0 Å². The standard InChI is InChI=1S/C20H28N4O4/c1-14-12-23(13-15(2)28-14)11-9-18(25)21-22-20(27)16-5-7-17(8-6-16)24-10-3-4-19(24)26/h5-8,14-15H,3-4,9-13H2,1-2H3,(H,21,25)(H,22,27)/t14-,15+. The van der Waals surface area contributed by atoms with Gasteiger partial charge in [0.2, 0.25) is 11.8 Å². The molecule has 1 aromatic rings. The average molecular weight is 388 g/mol. The van der Waals surface area contributed by atoms with Crippen molar-refractivity contribution in [3.63, 3.8) is 0 Å². The molecule has 0 aliphatic carbocycles. The fourth-order valence-corrected chi connectivity index (χ4v) is 3.70. The Hall–Kier alpha value is -2.45. The van der Waals surface area contributed by atoms with Gasteiger partial charge in [-0.3, -0.25) is 30.1 Å². The quantitative estimate of drug-likeness (QED) is 0.737. The van der Waals surface area contributed by atoms with Crippen LogP contribution in [0.5, 0.6) is 0 Å². The maximum atomic E-state index is 12.2. The fraction of sp³-hybridized carbons (Fsp3) is 0.550. The van der Waals surface area contributed by atoms with Crippen LogP contribution in [0.2, 0.25) is 0 Å². The van der Waals surface area contributed by atoms with E-state index in [9.17, 15) is 14.4 Å². The molecule has 0 unspecified atom stereocenters. The number of carbonyl (C=O) groups excluding carboxylic acids is 3. The van der Waals surface area contributed by atoms with Crippen LogP contribution in [0.1, 0.15) is 43.5 Å². The molecule has 2 atom stereocenters. The second-order valence-corrected chi connectivity index (χ2v) is 7.46. The van der Waals surface area contributed by atoms with E-state index in [0.717, 1.165) is 25.2 Å². The molecule has 2 heterocycles. The maximum absolute atomic E-state index is 12.2. The molecule has 0 aromatic heterocycles. The molecule has 28 heavy (non-hydrogen) atoms. The van der Waals surface area contributed by atoms with E-state index in [1.54, 1.807) is 29.2 Å². The topological polar surface area (TPSA) is 91.0 Å². The first kappa shape index (κ1) is 20.3. The van der Waals surface area contributed by atoms with Crippen molar-refractivity contribution in [3.05, 3.63) is 29.8 Å². The fourth-order valence-electron chi connectivity index (χ4n) is 3.70. The second kappa shape index (κ2) is 9.16. The van der Waals surface area contributed by atoms with Gasteiger partial charge >= 0.3 is 0 Å². The summed E-state index contributed by atoms with van der Waals surface area (Å²) in [5.41, 5.74) is 6.11. The Morgan fingerprint density at radius 1 is 1.11 bits per heavy atom. The highest BCUT2D eigenvalue weighted by Crippen LogP contribution is 2.21. The molecule has 2 aliphatic heterocycles. The molecule has 3 rings (SSSR count). The number of morpholine rings is 1. The lowest BCUT2D eigenvalue weighted by Gasteiger charge is -2.35. The summed E-state index contributed by atoms with van der Waals surface area (Å²) in [5.74, 6) is -0.519. The van der Waals surface area contributed by atoms with Crippen molar-refractivity contribution < 1.29 is 19.1 Å². The molecule has 0 spiro atoms. The third kappa shape index (κ3) is 5.30. The Bertz CT molecular complexity index is 711. The maximum Gasteiger partial charge on any atom is 0.269 e. The van der Waals surface area contributed by atoms with Crippen LogP contribution in [0, 0.1) is 0 Å². The highest BCUT2D eigenvalue weighted by molar-refractivity contribution is 5.98. The van der Waals surface area contributed by atoms with Gasteiger partial charge in [-0.1, -0.05) is 0 Å². The zero-order chi connectivity index (χ0) is 20.1. The van der Waals surface area contributed by atoms with Gasteiger partial charge in [0.1, 0.15) is 0 Å². The molecule has 2 fully saturated rings. The van der Waals surface area contributed by atoms with Crippen molar-refractivity contribution in [1.29, 1.82) is 0 Å². The molecule has 8 heteroatoms. The summed E-state index contributed by atoms with van der Waals surface area (Å²) in [6.07, 6.45) is 2.04. The third-order valence-corrected chi connectivity index (χ3v) is 4.98. The smallest absolute Gasteiger partial charge is 0.269 e. The van der Waals surface area contributed by atoms with E-state index in [0.29, 0.717) is 31.5 Å². The Labute approximate surface area is 165 Å². The molecular weight excluding hydrogens is 360 g/mol. The SMILES string of the molecule is C[C@@H]1CN(CCC(=O)NNC(=O)c2ccc(N3CCCC3=O)cc2)C[C@H](C)O1. The van der Waals surface area contributed by atoms with Crippen LogP contribution in [0.25, 0.3) is 0 Å². The zero-order valence-electron chi connectivity index (χ0n) is 16.4. The molecule has 0 bridgehead atoms. The molecule has 0 radical (unpaired) electrons. The average Bonchev–Trinajstić information content (AvgIpc) is 3.10. The van der Waals surface area contributed by atoms with Crippen LogP contribution in [0.3, 0.4) is 0 Å². The van der Waals surface area contributed by atoms with E-state index in [4.69, 9.17) is 4.74 Å². The Morgan fingerprint density at radius 3 is 2.39 bits per heavy atom. The lowest BCUT2D eigenvalue weighted by Crippen LogP contribution is -2.47. The van der Waals surface area contributed by atoms with Crippen LogP contribution in [0.15, 0.2) is 24.3 Å². The normalized spacial score (nSPS) is 22.9. The number of benzene rings is 1. The minimum Gasteiger partial charge on any atom is -0.373 e. The van der Waals surface area contributed by atoms with E-state index in [2.05, 4.69) is 15.8 Å². The summed E-state index contributed by atoms with van der Waals surface area (Å²) in [5, 5.41) is 0. The summed E-state index contributed by atoms with van der Waals surface area (Å²) in [6.45, 7) is 6.98. The number of carbonyl (C=O) groups is 3. The lowest BCUT2D eigenvalue weighted by molar-refractivity contribution is -0.123. The first-order chi connectivity index (χ1) is 13.4. The number of nitrogens with zero attached hydrogens (tertiary/aromatic N) is 2. The number of rotatable bonds is 5. The predicted molar refractivity (Wildman–Crippen MR) is 105 cm³/mol. The molecule has 2 N–H and O–H groups in total. The van der Waals surface area contributed by atoms with Gasteiger partial charge in [0, 0.05) is 50.3 Å². The van der Waals surface area contributed by atoms with Crippen LogP contribution in [0.4, 0.5) is 5.69 Å². The number of ether oxygens (including phenoxy) is 1. The van der Waals surface area contributed by atoms with Crippen LogP contribution >= 0.6 is 0 Å². The minimum atomic E-state index is -0.388. The Kier molecular flexibility index (Phi) is 6.64. The van der Waals surface area contributed by atoms with Crippen molar-refractivity contribution in [3.8, 4) is 0 Å². The van der Waals surface area contributed by atoms with Crippen molar-refractivity contribution in [2.75, 3.05) is 31.1 Å². The Morgan fingerprint density at radius 2 is 1.79 bits per heavy atom. The first-order valence-corrected chi connectivity index (χ1v) is 9.80. The van der Waals surface area contributed by atoms with Gasteiger partial charge in [0.25, 0.3) is 5.91 Å². The van der Waals surface area contributed by atoms with Crippen molar-refractivity contribution in [2.45, 2.75) is 45.3 Å². The van der Waals surface area contributed by atoms with Gasteiger partial charge in [-0.05, 0) is 44.5 Å². The van der Waals surface area contributed by atoms with Gasteiger partial charge in [-0.15, -0.1) is 0 Å². The molecule has 2 saturated heterocycles. The number of hydrogen-bond donors (Lipinski definition) is 2. The molecule has 2 aliphatic rings. The van der Waals surface area contributed by atoms with Crippen LogP contribution in [-0.2, 0) is 14.3 Å². The van der Waals surface area contributed by atoms with E-state index in [-0.39, 0.29) is 29.9 Å². The summed E-state index contributed by atoms with van der Waals surface area (Å²) < 4.78 is 5.68. The van der Waals surface area contributed by atoms with Gasteiger partial charge < -0.3 is 9.64 Å². The van der Waals surface area contributed by atoms with Crippen LogP contribution < -0.4 is 15.8 Å². The van der Waals surface area contributed by atoms with Crippen molar-refractivity contribution in [1.82, 2.24) is 15.8 Å². The van der Waals surface area contributed by atoms with Gasteiger partial charge in [0.15, 0.2) is 0 Å². The van der Waals surface area contributed by atoms with Crippen molar-refractivity contribution in [2.24, 2.45) is 0 Å². The molecular formula is C20H28N4O4. The Balaban J connectivity index is 1.42. The second-order valence-electron chi connectivity index (χ2n) is 7.46. The largest absolute Gasteiger partial charge is 0.373 e. The molecule has 1 aromatic carbocycles. The summed E-state index contributed by atoms with van der Waals surface area (Å²) in [7, 11) is 0. The molecule has 3 amide bonds. The molecule has 8 nitrogen and oxygen atoms in total. The number of hydrogen-bond acceptors (Lipinski definition) is 5. The number of hydrazine groups is 1. The third-order valence-electron chi connectivity index (χ3n) is 4.98. The highest BCUT2D eigenvalue weighted by Gasteiger charge is 2.23. The monoisotopic (exact) mass is 388 g/mol. The van der Waals surface area contributed by atoms with Gasteiger partial charge in [-0.25, -0.2) is 0 Å². The zero-order valence-corrected chi connectivity index (χ0v) is 16.4. The first-order valence-electron chi connectivity index (χ1n) is 9.80. The summed E-state index contributed by atoms with van der Waals surface area (Å²) in [6, 6.07) is 6.80. The summed E-state index contributed by atoms with van der Waals surface area (Å²) >= 11 is 0. The van der Waals surface area contributed by atoms with Crippen LogP contribution in [-0.4, -0.2) is 61.0 Å².